The van der Waals surface area contributed by atoms with E-state index >= 15 is 0 Å². The largest absolute Gasteiger partial charge is 0.353 e. The Morgan fingerprint density at radius 1 is 1.56 bits per heavy atom. The molecule has 0 bridgehead atoms. The molecule has 8 nitrogen and oxygen atoms in total. The van der Waals surface area contributed by atoms with Crippen LogP contribution in [0.3, 0.4) is 0 Å². The Hall–Kier alpha value is -2.22. The lowest BCUT2D eigenvalue weighted by molar-refractivity contribution is -0.121. The van der Waals surface area contributed by atoms with Gasteiger partial charge in [-0.05, 0) is 0 Å². The van der Waals surface area contributed by atoms with Crippen molar-refractivity contribution in [3.8, 4) is 11.5 Å². The summed E-state index contributed by atoms with van der Waals surface area (Å²) >= 11 is 0. The quantitative estimate of drug-likeness (QED) is 0.724. The molecule has 2 aromatic rings. The molecule has 1 saturated heterocycles. The van der Waals surface area contributed by atoms with Crippen molar-refractivity contribution in [1.29, 1.82) is 0 Å². The molecule has 2 aromatic heterocycles. The average molecular weight is 248 g/mol. The highest BCUT2D eigenvalue weighted by molar-refractivity contribution is 5.78. The topological polar surface area (TPSA) is 97.9 Å². The van der Waals surface area contributed by atoms with Gasteiger partial charge in [0.2, 0.25) is 17.6 Å². The van der Waals surface area contributed by atoms with Crippen LogP contribution in [0.15, 0.2) is 17.0 Å². The van der Waals surface area contributed by atoms with E-state index in [4.69, 9.17) is 4.52 Å². The number of imidazole rings is 1. The van der Waals surface area contributed by atoms with Crippen LogP contribution in [-0.4, -0.2) is 38.7 Å². The van der Waals surface area contributed by atoms with Crippen molar-refractivity contribution in [1.82, 2.24) is 30.3 Å². The molecule has 1 unspecified atom stereocenters. The number of hydrogen-bond donors (Lipinski definition) is 2. The zero-order valence-corrected chi connectivity index (χ0v) is 9.75. The average Bonchev–Trinajstić information content (AvgIpc) is 2.98. The van der Waals surface area contributed by atoms with Crippen molar-refractivity contribution in [2.45, 2.75) is 6.04 Å². The summed E-state index contributed by atoms with van der Waals surface area (Å²) in [6.07, 6.45) is 3.34. The normalized spacial score (nSPS) is 19.8. The number of nitrogens with zero attached hydrogens (tertiary/aromatic N) is 4. The second kappa shape index (κ2) is 4.22. The minimum Gasteiger partial charge on any atom is -0.353 e. The van der Waals surface area contributed by atoms with Gasteiger partial charge < -0.3 is 14.4 Å². The number of aryl methyl sites for hydroxylation is 1. The zero-order valence-electron chi connectivity index (χ0n) is 9.75. The maximum Gasteiger partial charge on any atom is 0.245 e. The van der Waals surface area contributed by atoms with Gasteiger partial charge in [-0.2, -0.15) is 4.98 Å². The Balaban J connectivity index is 1.82. The minimum atomic E-state index is -0.142. The zero-order chi connectivity index (χ0) is 12.5. The van der Waals surface area contributed by atoms with Crippen LogP contribution in [0.25, 0.3) is 11.5 Å². The molecule has 0 aromatic carbocycles. The van der Waals surface area contributed by atoms with E-state index in [-0.39, 0.29) is 18.5 Å². The third-order valence-corrected chi connectivity index (χ3v) is 2.80. The van der Waals surface area contributed by atoms with Crippen molar-refractivity contribution < 1.29 is 9.32 Å². The van der Waals surface area contributed by atoms with Crippen LogP contribution >= 0.6 is 0 Å². The van der Waals surface area contributed by atoms with Gasteiger partial charge >= 0.3 is 0 Å². The molecule has 8 heteroatoms. The Bertz CT molecular complexity index is 564. The first-order chi connectivity index (χ1) is 8.74. The lowest BCUT2D eigenvalue weighted by atomic mass is 10.2. The van der Waals surface area contributed by atoms with E-state index in [2.05, 4.69) is 25.8 Å². The van der Waals surface area contributed by atoms with Crippen molar-refractivity contribution >= 4 is 5.91 Å². The highest BCUT2D eigenvalue weighted by Crippen LogP contribution is 2.18. The molecule has 0 saturated carbocycles. The molecule has 1 amide bonds. The monoisotopic (exact) mass is 248 g/mol. The first-order valence-corrected chi connectivity index (χ1v) is 5.54. The number of aromatic nitrogens is 4. The van der Waals surface area contributed by atoms with E-state index < -0.39 is 0 Å². The van der Waals surface area contributed by atoms with Gasteiger partial charge in [-0.25, -0.2) is 4.98 Å². The first-order valence-electron chi connectivity index (χ1n) is 5.54. The van der Waals surface area contributed by atoms with Gasteiger partial charge in [0.1, 0.15) is 11.7 Å². The number of carbonyl (C=O) groups excluding carboxylic acids is 1. The number of carbonyl (C=O) groups is 1. The summed E-state index contributed by atoms with van der Waals surface area (Å²) in [5.41, 5.74) is 0.782. The van der Waals surface area contributed by atoms with Crippen LogP contribution in [0.5, 0.6) is 0 Å². The number of rotatable bonds is 2. The van der Waals surface area contributed by atoms with Gasteiger partial charge in [-0.15, -0.1) is 0 Å². The third-order valence-electron chi connectivity index (χ3n) is 2.80. The van der Waals surface area contributed by atoms with Crippen molar-refractivity contribution in [3.63, 3.8) is 0 Å². The molecule has 3 heterocycles. The van der Waals surface area contributed by atoms with Crippen LogP contribution < -0.4 is 10.6 Å². The molecule has 3 rings (SSSR count). The molecule has 1 fully saturated rings. The summed E-state index contributed by atoms with van der Waals surface area (Å²) < 4.78 is 7.01. The van der Waals surface area contributed by atoms with Gasteiger partial charge in [0.05, 0.1) is 19.1 Å². The predicted molar refractivity (Wildman–Crippen MR) is 60.3 cm³/mol. The summed E-state index contributed by atoms with van der Waals surface area (Å²) in [6.45, 7) is 0.708. The Morgan fingerprint density at radius 2 is 2.44 bits per heavy atom. The minimum absolute atomic E-state index is 0.0300. The van der Waals surface area contributed by atoms with E-state index in [0.717, 1.165) is 5.69 Å². The molecular formula is C10H12N6O2. The molecule has 0 radical (unpaired) electrons. The molecule has 1 atom stereocenters. The van der Waals surface area contributed by atoms with Crippen LogP contribution in [0, 0.1) is 0 Å². The third kappa shape index (κ3) is 1.86. The fourth-order valence-corrected chi connectivity index (χ4v) is 1.79. The maximum absolute atomic E-state index is 11.0. The van der Waals surface area contributed by atoms with Gasteiger partial charge in [-0.1, -0.05) is 5.16 Å². The lowest BCUT2D eigenvalue weighted by Gasteiger charge is -2.20. The molecule has 1 aliphatic heterocycles. The SMILES string of the molecule is Cn1cncc1-c1noc(C2CNC(=O)CN2)n1. The summed E-state index contributed by atoms with van der Waals surface area (Å²) in [4.78, 5) is 19.3. The maximum atomic E-state index is 11.0. The fourth-order valence-electron chi connectivity index (χ4n) is 1.79. The highest BCUT2D eigenvalue weighted by Gasteiger charge is 2.24. The molecule has 0 spiro atoms. The van der Waals surface area contributed by atoms with E-state index in [9.17, 15) is 4.79 Å². The van der Waals surface area contributed by atoms with Gasteiger partial charge in [0.25, 0.3) is 0 Å². The van der Waals surface area contributed by atoms with E-state index in [0.29, 0.717) is 18.3 Å². The molecule has 94 valence electrons. The summed E-state index contributed by atoms with van der Waals surface area (Å²) in [5, 5.41) is 9.68. The van der Waals surface area contributed by atoms with Gasteiger partial charge in [0, 0.05) is 13.6 Å². The summed E-state index contributed by atoms with van der Waals surface area (Å²) in [7, 11) is 1.86. The number of piperazine rings is 1. The van der Waals surface area contributed by atoms with Crippen LogP contribution in [0.4, 0.5) is 0 Å². The molecular weight excluding hydrogens is 236 g/mol. The van der Waals surface area contributed by atoms with E-state index in [1.807, 2.05) is 11.6 Å². The van der Waals surface area contributed by atoms with Crippen LogP contribution in [0.1, 0.15) is 11.9 Å². The fraction of sp³-hybridized carbons (Fsp3) is 0.400. The summed E-state index contributed by atoms with van der Waals surface area (Å²) in [5.74, 6) is 0.924. The predicted octanol–water partition coefficient (Wildman–Crippen LogP) is -0.769. The molecule has 0 aliphatic carbocycles. The Kier molecular flexibility index (Phi) is 2.56. The van der Waals surface area contributed by atoms with Crippen LogP contribution in [0.2, 0.25) is 0 Å². The number of hydrogen-bond acceptors (Lipinski definition) is 6. The Labute approximate surface area is 102 Å². The molecule has 2 N–H and O–H groups in total. The number of nitrogens with one attached hydrogen (secondary N) is 2. The van der Waals surface area contributed by atoms with Crippen molar-refractivity contribution in [2.24, 2.45) is 7.05 Å². The van der Waals surface area contributed by atoms with E-state index in [1.165, 1.54) is 0 Å². The molecule has 1 aliphatic rings. The Morgan fingerprint density at radius 3 is 3.11 bits per heavy atom. The highest BCUT2D eigenvalue weighted by atomic mass is 16.5. The van der Waals surface area contributed by atoms with Crippen molar-refractivity contribution in [3.05, 3.63) is 18.4 Å². The van der Waals surface area contributed by atoms with Gasteiger partial charge in [0.15, 0.2) is 0 Å². The van der Waals surface area contributed by atoms with Crippen molar-refractivity contribution in [2.75, 3.05) is 13.1 Å². The summed E-state index contributed by atoms with van der Waals surface area (Å²) in [6, 6.07) is -0.142. The van der Waals surface area contributed by atoms with E-state index in [1.54, 1.807) is 12.5 Å². The van der Waals surface area contributed by atoms with Gasteiger partial charge in [-0.3, -0.25) is 10.1 Å². The number of amides is 1. The second-order valence-electron chi connectivity index (χ2n) is 4.08. The lowest BCUT2D eigenvalue weighted by Crippen LogP contribution is -2.47. The molecule has 18 heavy (non-hydrogen) atoms. The first kappa shape index (κ1) is 10.9. The van der Waals surface area contributed by atoms with Crippen LogP contribution in [-0.2, 0) is 11.8 Å². The standard InChI is InChI=1S/C10H12N6O2/c1-16-5-11-3-7(16)9-14-10(18-15-9)6-2-13-8(17)4-12-6/h3,5-6,12H,2,4H2,1H3,(H,13,17). The second-order valence-corrected chi connectivity index (χ2v) is 4.08. The smallest absolute Gasteiger partial charge is 0.245 e.